The van der Waals surface area contributed by atoms with Gasteiger partial charge in [-0.15, -0.1) is 16.4 Å². The average Bonchev–Trinajstić information content (AvgIpc) is 3.41. The summed E-state index contributed by atoms with van der Waals surface area (Å²) in [5, 5.41) is 8.99. The van der Waals surface area contributed by atoms with Gasteiger partial charge in [-0.05, 0) is 29.8 Å². The van der Waals surface area contributed by atoms with Crippen LogP contribution in [0, 0.1) is 5.82 Å². The van der Waals surface area contributed by atoms with Gasteiger partial charge in [0.15, 0.2) is 5.65 Å². The Morgan fingerprint density at radius 1 is 1.15 bits per heavy atom. The number of hydrogen-bond donors (Lipinski definition) is 1. The molecule has 0 radical (unpaired) electrons. The molecule has 0 aliphatic carbocycles. The average molecular weight is 479 g/mol. The van der Waals surface area contributed by atoms with E-state index in [1.54, 1.807) is 30.3 Å². The van der Waals surface area contributed by atoms with Gasteiger partial charge in [0.25, 0.3) is 0 Å². The van der Waals surface area contributed by atoms with Gasteiger partial charge in [0, 0.05) is 17.0 Å². The summed E-state index contributed by atoms with van der Waals surface area (Å²) in [5.41, 5.74) is 2.61. The van der Waals surface area contributed by atoms with Crippen molar-refractivity contribution in [1.29, 1.82) is 0 Å². The Morgan fingerprint density at radius 2 is 1.94 bits per heavy atom. The Balaban J connectivity index is 1.46. The number of carbonyl (C=O) groups is 1. The zero-order chi connectivity index (χ0) is 23.8. The summed E-state index contributed by atoms with van der Waals surface area (Å²) in [6.45, 7) is -0.298. The Labute approximate surface area is 196 Å². The third kappa shape index (κ3) is 3.75. The third-order valence-electron chi connectivity index (χ3n) is 5.27. The number of carbonyl (C=O) groups excluding carboxylic acids is 1. The van der Waals surface area contributed by atoms with Crippen LogP contribution in [0.1, 0.15) is 0 Å². The molecule has 0 unspecified atom stereocenters. The molecule has 9 nitrogen and oxygen atoms in total. The van der Waals surface area contributed by atoms with Crippen LogP contribution >= 0.6 is 11.3 Å². The molecule has 0 aliphatic heterocycles. The molecule has 172 valence electrons. The number of fused-ring (bicyclic) bond motifs is 3. The van der Waals surface area contributed by atoms with Crippen molar-refractivity contribution in [3.05, 3.63) is 70.5 Å². The van der Waals surface area contributed by atoms with Gasteiger partial charge in [-0.3, -0.25) is 4.79 Å². The highest BCUT2D eigenvalue weighted by molar-refractivity contribution is 7.18. The van der Waals surface area contributed by atoms with Crippen LogP contribution in [-0.4, -0.2) is 39.3 Å². The lowest BCUT2D eigenvalue weighted by atomic mass is 10.1. The van der Waals surface area contributed by atoms with Crippen LogP contribution in [0.5, 0.6) is 11.5 Å². The van der Waals surface area contributed by atoms with Gasteiger partial charge in [-0.2, -0.15) is 0 Å². The number of ether oxygens (including phenoxy) is 2. The van der Waals surface area contributed by atoms with Gasteiger partial charge >= 0.3 is 5.69 Å². The molecule has 0 fully saturated rings. The van der Waals surface area contributed by atoms with E-state index in [1.807, 2.05) is 5.38 Å². The number of nitrogens with zero attached hydrogens (tertiary/aromatic N) is 4. The van der Waals surface area contributed by atoms with Crippen LogP contribution in [0.4, 0.5) is 10.1 Å². The second-order valence-corrected chi connectivity index (χ2v) is 8.21. The fourth-order valence-electron chi connectivity index (χ4n) is 3.60. The molecule has 3 heterocycles. The predicted octanol–water partition coefficient (Wildman–Crippen LogP) is 3.57. The monoisotopic (exact) mass is 479 g/mol. The van der Waals surface area contributed by atoms with E-state index < -0.39 is 11.6 Å². The quantitative estimate of drug-likeness (QED) is 0.400. The number of hydrogen-bond acceptors (Lipinski definition) is 7. The molecule has 0 aliphatic rings. The lowest BCUT2D eigenvalue weighted by molar-refractivity contribution is -0.117. The highest BCUT2D eigenvalue weighted by Crippen LogP contribution is 2.34. The van der Waals surface area contributed by atoms with Crippen LogP contribution in [0.3, 0.4) is 0 Å². The molecule has 5 rings (SSSR count). The first-order valence-corrected chi connectivity index (χ1v) is 11.0. The van der Waals surface area contributed by atoms with Gasteiger partial charge in [0.2, 0.25) is 5.91 Å². The molecule has 0 atom stereocenters. The molecule has 0 saturated heterocycles. The molecule has 2 aromatic carbocycles. The zero-order valence-corrected chi connectivity index (χ0v) is 18.9. The summed E-state index contributed by atoms with van der Waals surface area (Å²) >= 11 is 1.37. The minimum absolute atomic E-state index is 0.298. The SMILES string of the molecule is COc1ccc(NC(=O)Cn2nc3c4scc(-c5ccc(F)cc5)c4ncn3c2=O)c(OC)c1. The summed E-state index contributed by atoms with van der Waals surface area (Å²) in [6.07, 6.45) is 1.38. The number of nitrogens with one attached hydrogen (secondary N) is 1. The van der Waals surface area contributed by atoms with Crippen molar-refractivity contribution in [3.63, 3.8) is 0 Å². The zero-order valence-electron chi connectivity index (χ0n) is 18.1. The molecule has 34 heavy (non-hydrogen) atoms. The maximum Gasteiger partial charge on any atom is 0.352 e. The topological polar surface area (TPSA) is 99.7 Å². The fraction of sp³-hybridized carbons (Fsp3) is 0.130. The van der Waals surface area contributed by atoms with Crippen LogP contribution in [0.2, 0.25) is 0 Å². The van der Waals surface area contributed by atoms with E-state index in [9.17, 15) is 14.0 Å². The summed E-state index contributed by atoms with van der Waals surface area (Å²) < 4.78 is 26.8. The highest BCUT2D eigenvalue weighted by Gasteiger charge is 2.18. The van der Waals surface area contributed by atoms with E-state index in [2.05, 4.69) is 15.4 Å². The predicted molar refractivity (Wildman–Crippen MR) is 126 cm³/mol. The molecule has 11 heteroatoms. The molecule has 0 bridgehead atoms. The first-order chi connectivity index (χ1) is 16.5. The second kappa shape index (κ2) is 8.60. The number of aromatic nitrogens is 4. The molecule has 3 aromatic heterocycles. The van der Waals surface area contributed by atoms with Gasteiger partial charge in [-0.1, -0.05) is 12.1 Å². The van der Waals surface area contributed by atoms with Gasteiger partial charge in [0.1, 0.15) is 30.2 Å². The number of anilines is 1. The lowest BCUT2D eigenvalue weighted by Crippen LogP contribution is -2.28. The van der Waals surface area contributed by atoms with Crippen LogP contribution in [0.25, 0.3) is 27.0 Å². The number of rotatable bonds is 6. The molecule has 1 N–H and O–H groups in total. The molecule has 0 saturated carbocycles. The minimum Gasteiger partial charge on any atom is -0.497 e. The van der Waals surface area contributed by atoms with E-state index in [0.29, 0.717) is 33.1 Å². The van der Waals surface area contributed by atoms with Crippen molar-refractivity contribution in [2.24, 2.45) is 0 Å². The number of benzene rings is 2. The van der Waals surface area contributed by atoms with Crippen LogP contribution in [0.15, 0.2) is 59.0 Å². The Kier molecular flexibility index (Phi) is 5.46. The van der Waals surface area contributed by atoms with E-state index >= 15 is 0 Å². The fourth-order valence-corrected chi connectivity index (χ4v) is 4.60. The Hall–Kier alpha value is -4.25. The highest BCUT2D eigenvalue weighted by atomic mass is 32.1. The third-order valence-corrected chi connectivity index (χ3v) is 6.24. The van der Waals surface area contributed by atoms with Crippen molar-refractivity contribution >= 4 is 38.8 Å². The molecular weight excluding hydrogens is 461 g/mol. The van der Waals surface area contributed by atoms with E-state index in [-0.39, 0.29) is 12.4 Å². The van der Waals surface area contributed by atoms with Gasteiger partial charge in [-0.25, -0.2) is 23.3 Å². The normalized spacial score (nSPS) is 11.1. The maximum absolute atomic E-state index is 13.3. The molecular formula is C23H18FN5O4S. The van der Waals surface area contributed by atoms with Crippen molar-refractivity contribution in [3.8, 4) is 22.6 Å². The molecule has 5 aromatic rings. The van der Waals surface area contributed by atoms with Crippen molar-refractivity contribution < 1.29 is 18.7 Å². The van der Waals surface area contributed by atoms with Crippen LogP contribution < -0.4 is 20.5 Å². The van der Waals surface area contributed by atoms with E-state index in [4.69, 9.17) is 9.47 Å². The Bertz CT molecular complexity index is 1590. The summed E-state index contributed by atoms with van der Waals surface area (Å²) in [7, 11) is 3.02. The smallest absolute Gasteiger partial charge is 0.352 e. The van der Waals surface area contributed by atoms with Crippen LogP contribution in [-0.2, 0) is 11.3 Å². The first kappa shape index (κ1) is 21.6. The van der Waals surface area contributed by atoms with Gasteiger partial charge in [0.05, 0.1) is 30.1 Å². The van der Waals surface area contributed by atoms with Crippen molar-refractivity contribution in [2.75, 3.05) is 19.5 Å². The molecule has 1 amide bonds. The number of amides is 1. The first-order valence-electron chi connectivity index (χ1n) is 10.1. The number of methoxy groups -OCH3 is 2. The molecule has 0 spiro atoms. The number of halogens is 1. The van der Waals surface area contributed by atoms with E-state index in [1.165, 1.54) is 48.4 Å². The second-order valence-electron chi connectivity index (χ2n) is 7.33. The standard InChI is InChI=1S/C23H18FN5O4S/c1-32-15-7-8-17(18(9-15)33-2)26-19(30)10-29-23(31)28-12-25-20-16(11-34-21(20)22(28)27-29)13-3-5-14(24)6-4-13/h3-9,11-12H,10H2,1-2H3,(H,26,30). The minimum atomic E-state index is -0.488. The Morgan fingerprint density at radius 3 is 2.68 bits per heavy atom. The van der Waals surface area contributed by atoms with Crippen molar-refractivity contribution in [2.45, 2.75) is 6.54 Å². The summed E-state index contributed by atoms with van der Waals surface area (Å²) in [6, 6.07) is 11.1. The van der Waals surface area contributed by atoms with E-state index in [0.717, 1.165) is 15.8 Å². The van der Waals surface area contributed by atoms with Gasteiger partial charge < -0.3 is 14.8 Å². The number of thiophene rings is 1. The lowest BCUT2D eigenvalue weighted by Gasteiger charge is -2.11. The largest absolute Gasteiger partial charge is 0.497 e. The summed E-state index contributed by atoms with van der Waals surface area (Å²) in [4.78, 5) is 29.9. The maximum atomic E-state index is 13.3. The van der Waals surface area contributed by atoms with Crippen molar-refractivity contribution in [1.82, 2.24) is 19.2 Å². The summed E-state index contributed by atoms with van der Waals surface area (Å²) in [5.74, 6) is 0.234.